The molecule has 78 valence electrons. The van der Waals surface area contributed by atoms with E-state index >= 15 is 0 Å². The first-order valence-electron chi connectivity index (χ1n) is 5.27. The molecule has 0 radical (unpaired) electrons. The van der Waals surface area contributed by atoms with Crippen LogP contribution in [0.25, 0.3) is 0 Å². The normalized spacial score (nSPS) is 12.5. The van der Waals surface area contributed by atoms with Crippen molar-refractivity contribution < 1.29 is 5.11 Å². The molecule has 0 aliphatic rings. The molecular weight excluding hydrogens is 174 g/mol. The summed E-state index contributed by atoms with van der Waals surface area (Å²) < 4.78 is 0. The van der Waals surface area contributed by atoms with Gasteiger partial charge in [0.05, 0.1) is 6.10 Å². The zero-order valence-corrected chi connectivity index (χ0v) is 8.96. The summed E-state index contributed by atoms with van der Waals surface area (Å²) in [5.74, 6) is 0. The van der Waals surface area contributed by atoms with Crippen molar-refractivity contribution in [1.82, 2.24) is 0 Å². The van der Waals surface area contributed by atoms with Gasteiger partial charge in [-0.1, -0.05) is 26.0 Å². The van der Waals surface area contributed by atoms with E-state index in [1.54, 1.807) is 0 Å². The minimum atomic E-state index is -0.249. The Labute approximate surface area is 86.0 Å². The van der Waals surface area contributed by atoms with Crippen molar-refractivity contribution in [3.63, 3.8) is 0 Å². The van der Waals surface area contributed by atoms with Crippen molar-refractivity contribution >= 4 is 5.69 Å². The van der Waals surface area contributed by atoms with Gasteiger partial charge in [0.1, 0.15) is 0 Å². The fraction of sp³-hybridized carbons (Fsp3) is 0.500. The van der Waals surface area contributed by atoms with Crippen LogP contribution in [0.3, 0.4) is 0 Å². The lowest BCUT2D eigenvalue weighted by Gasteiger charge is -2.10. The molecule has 2 nitrogen and oxygen atoms in total. The van der Waals surface area contributed by atoms with E-state index < -0.39 is 0 Å². The molecule has 0 heterocycles. The van der Waals surface area contributed by atoms with Gasteiger partial charge in [0, 0.05) is 12.2 Å². The molecule has 0 aliphatic heterocycles. The number of nitrogens with one attached hydrogen (secondary N) is 1. The fourth-order valence-electron chi connectivity index (χ4n) is 1.24. The summed E-state index contributed by atoms with van der Waals surface area (Å²) >= 11 is 0. The number of aryl methyl sites for hydroxylation is 1. The average molecular weight is 193 g/mol. The molecule has 0 spiro atoms. The molecule has 0 amide bonds. The third-order valence-corrected chi connectivity index (χ3v) is 2.38. The highest BCUT2D eigenvalue weighted by Crippen LogP contribution is 2.09. The SMILES string of the molecule is CCc1ccc(NCC(O)CC)cc1. The summed E-state index contributed by atoms with van der Waals surface area (Å²) in [6, 6.07) is 8.34. The summed E-state index contributed by atoms with van der Waals surface area (Å²) in [6.45, 7) is 4.75. The van der Waals surface area contributed by atoms with E-state index in [-0.39, 0.29) is 6.10 Å². The minimum Gasteiger partial charge on any atom is -0.391 e. The monoisotopic (exact) mass is 193 g/mol. The number of aliphatic hydroxyl groups is 1. The van der Waals surface area contributed by atoms with Gasteiger partial charge in [-0.15, -0.1) is 0 Å². The lowest BCUT2D eigenvalue weighted by molar-refractivity contribution is 0.183. The highest BCUT2D eigenvalue weighted by atomic mass is 16.3. The second-order valence-corrected chi connectivity index (χ2v) is 3.49. The first-order valence-corrected chi connectivity index (χ1v) is 5.27. The Balaban J connectivity index is 2.43. The largest absolute Gasteiger partial charge is 0.391 e. The van der Waals surface area contributed by atoms with Crippen molar-refractivity contribution in [3.05, 3.63) is 29.8 Å². The smallest absolute Gasteiger partial charge is 0.0709 e. The molecule has 2 N–H and O–H groups in total. The Morgan fingerprint density at radius 2 is 1.86 bits per heavy atom. The minimum absolute atomic E-state index is 0.249. The molecule has 14 heavy (non-hydrogen) atoms. The molecule has 1 unspecified atom stereocenters. The number of benzene rings is 1. The van der Waals surface area contributed by atoms with Crippen LogP contribution in [-0.2, 0) is 6.42 Å². The molecular formula is C12H19NO. The van der Waals surface area contributed by atoms with E-state index in [0.717, 1.165) is 18.5 Å². The Morgan fingerprint density at radius 1 is 1.21 bits per heavy atom. The van der Waals surface area contributed by atoms with Crippen molar-refractivity contribution in [3.8, 4) is 0 Å². The van der Waals surface area contributed by atoms with Crippen LogP contribution in [0.4, 0.5) is 5.69 Å². The van der Waals surface area contributed by atoms with Gasteiger partial charge >= 0.3 is 0 Å². The summed E-state index contributed by atoms with van der Waals surface area (Å²) in [4.78, 5) is 0. The van der Waals surface area contributed by atoms with Gasteiger partial charge in [0.15, 0.2) is 0 Å². The number of rotatable bonds is 5. The van der Waals surface area contributed by atoms with Gasteiger partial charge in [-0.25, -0.2) is 0 Å². The van der Waals surface area contributed by atoms with Crippen LogP contribution in [0.2, 0.25) is 0 Å². The maximum atomic E-state index is 9.36. The molecule has 2 heteroatoms. The Morgan fingerprint density at radius 3 is 2.36 bits per heavy atom. The van der Waals surface area contributed by atoms with E-state index in [1.165, 1.54) is 5.56 Å². The Kier molecular flexibility index (Phi) is 4.47. The molecule has 0 saturated carbocycles. The molecule has 0 saturated heterocycles. The summed E-state index contributed by atoms with van der Waals surface area (Å²) in [5.41, 5.74) is 2.42. The quantitative estimate of drug-likeness (QED) is 0.752. The van der Waals surface area contributed by atoms with Crippen LogP contribution in [0.5, 0.6) is 0 Å². The van der Waals surface area contributed by atoms with Gasteiger partial charge in [-0.3, -0.25) is 0 Å². The summed E-state index contributed by atoms with van der Waals surface area (Å²) in [5, 5.41) is 12.6. The van der Waals surface area contributed by atoms with Crippen molar-refractivity contribution in [2.45, 2.75) is 32.8 Å². The van der Waals surface area contributed by atoms with Gasteiger partial charge < -0.3 is 10.4 Å². The predicted molar refractivity (Wildman–Crippen MR) is 60.6 cm³/mol. The van der Waals surface area contributed by atoms with Crippen molar-refractivity contribution in [2.75, 3.05) is 11.9 Å². The highest BCUT2D eigenvalue weighted by molar-refractivity contribution is 5.44. The first kappa shape index (κ1) is 11.1. The zero-order chi connectivity index (χ0) is 10.4. The third-order valence-electron chi connectivity index (χ3n) is 2.38. The standard InChI is InChI=1S/C12H19NO/c1-3-10-5-7-11(8-6-10)13-9-12(14)4-2/h5-8,12-14H,3-4,9H2,1-2H3. The van der Waals surface area contributed by atoms with Crippen LogP contribution >= 0.6 is 0 Å². The van der Waals surface area contributed by atoms with E-state index in [2.05, 4.69) is 36.5 Å². The van der Waals surface area contributed by atoms with Crippen molar-refractivity contribution in [2.24, 2.45) is 0 Å². The van der Waals surface area contributed by atoms with Crippen LogP contribution in [0, 0.1) is 0 Å². The van der Waals surface area contributed by atoms with E-state index in [4.69, 9.17) is 0 Å². The van der Waals surface area contributed by atoms with Crippen LogP contribution < -0.4 is 5.32 Å². The zero-order valence-electron chi connectivity index (χ0n) is 8.96. The van der Waals surface area contributed by atoms with E-state index in [1.807, 2.05) is 6.92 Å². The average Bonchev–Trinajstić information content (AvgIpc) is 2.26. The van der Waals surface area contributed by atoms with Crippen LogP contribution in [0.15, 0.2) is 24.3 Å². The van der Waals surface area contributed by atoms with E-state index in [9.17, 15) is 5.11 Å². The molecule has 0 aromatic heterocycles. The summed E-state index contributed by atoms with van der Waals surface area (Å²) in [6.07, 6.45) is 1.61. The third kappa shape index (κ3) is 3.38. The van der Waals surface area contributed by atoms with Crippen molar-refractivity contribution in [1.29, 1.82) is 0 Å². The molecule has 0 aliphatic carbocycles. The van der Waals surface area contributed by atoms with Crippen LogP contribution in [0.1, 0.15) is 25.8 Å². The fourth-order valence-corrected chi connectivity index (χ4v) is 1.24. The Hall–Kier alpha value is -1.02. The highest BCUT2D eigenvalue weighted by Gasteiger charge is 1.99. The second kappa shape index (κ2) is 5.66. The molecule has 1 aromatic carbocycles. The van der Waals surface area contributed by atoms with Gasteiger partial charge in [0.2, 0.25) is 0 Å². The van der Waals surface area contributed by atoms with E-state index in [0.29, 0.717) is 6.54 Å². The number of hydrogen-bond donors (Lipinski definition) is 2. The van der Waals surface area contributed by atoms with Crippen LogP contribution in [-0.4, -0.2) is 17.8 Å². The van der Waals surface area contributed by atoms with Gasteiger partial charge in [-0.2, -0.15) is 0 Å². The molecule has 1 atom stereocenters. The van der Waals surface area contributed by atoms with Gasteiger partial charge in [-0.05, 0) is 30.5 Å². The maximum Gasteiger partial charge on any atom is 0.0709 e. The lowest BCUT2D eigenvalue weighted by atomic mass is 10.1. The molecule has 1 aromatic rings. The number of hydrogen-bond acceptors (Lipinski definition) is 2. The number of anilines is 1. The maximum absolute atomic E-state index is 9.36. The lowest BCUT2D eigenvalue weighted by Crippen LogP contribution is -2.18. The molecule has 1 rings (SSSR count). The topological polar surface area (TPSA) is 32.3 Å². The summed E-state index contributed by atoms with van der Waals surface area (Å²) in [7, 11) is 0. The predicted octanol–water partition coefficient (Wildman–Crippen LogP) is 2.43. The second-order valence-electron chi connectivity index (χ2n) is 3.49. The molecule has 0 fully saturated rings. The first-order chi connectivity index (χ1) is 6.76. The Bertz CT molecular complexity index is 256. The molecule has 0 bridgehead atoms. The number of aliphatic hydroxyl groups excluding tert-OH is 1. The van der Waals surface area contributed by atoms with Gasteiger partial charge in [0.25, 0.3) is 0 Å².